The molecule has 0 radical (unpaired) electrons. The van der Waals surface area contributed by atoms with Gasteiger partial charge in [0.1, 0.15) is 5.69 Å². The Hall–Kier alpha value is -2.11. The number of amides is 1. The molecule has 6 heteroatoms. The molecule has 2 aromatic heterocycles. The number of aryl methyl sites for hydroxylation is 1. The zero-order chi connectivity index (χ0) is 14.9. The van der Waals surface area contributed by atoms with Crippen LogP contribution in [-0.2, 0) is 24.4 Å². The largest absolute Gasteiger partial charge is 0.348 e. The molecule has 1 aliphatic carbocycles. The highest BCUT2D eigenvalue weighted by Crippen LogP contribution is 2.33. The molecule has 1 amide bonds. The molecule has 2 aromatic rings. The van der Waals surface area contributed by atoms with Gasteiger partial charge in [-0.2, -0.15) is 0 Å². The third-order valence-corrected chi connectivity index (χ3v) is 4.57. The first-order chi connectivity index (χ1) is 10.8. The van der Waals surface area contributed by atoms with Crippen molar-refractivity contribution in [2.45, 2.75) is 45.3 Å². The maximum absolute atomic E-state index is 12.4. The first-order valence-corrected chi connectivity index (χ1v) is 8.09. The summed E-state index contributed by atoms with van der Waals surface area (Å²) in [7, 11) is 0. The summed E-state index contributed by atoms with van der Waals surface area (Å²) in [6.07, 6.45) is 8.16. The van der Waals surface area contributed by atoms with E-state index in [0.29, 0.717) is 31.3 Å². The number of carbonyl (C=O) groups excluding carboxylic acids is 1. The minimum absolute atomic E-state index is 0.295. The smallest absolute Gasteiger partial charge is 0.223 e. The van der Waals surface area contributed by atoms with E-state index in [1.807, 2.05) is 34.1 Å². The standard InChI is InChI=1S/C16H21N5O/c22-16(10-13-4-5-13)20-8-3-9-21-15(12-20)14(17-18-21)11-19-6-1-2-7-19/h1-2,6-7,13H,3-5,8-12H2. The molecule has 0 unspecified atom stereocenters. The molecular formula is C16H21N5O. The molecule has 116 valence electrons. The van der Waals surface area contributed by atoms with Crippen LogP contribution in [0.5, 0.6) is 0 Å². The Bertz CT molecular complexity index is 656. The van der Waals surface area contributed by atoms with E-state index >= 15 is 0 Å². The predicted molar refractivity (Wildman–Crippen MR) is 80.9 cm³/mol. The number of carbonyl (C=O) groups is 1. The van der Waals surface area contributed by atoms with Gasteiger partial charge >= 0.3 is 0 Å². The third-order valence-electron chi connectivity index (χ3n) is 4.57. The number of nitrogens with zero attached hydrogens (tertiary/aromatic N) is 5. The van der Waals surface area contributed by atoms with Gasteiger partial charge in [0, 0.05) is 31.9 Å². The normalized spacial score (nSPS) is 18.1. The SMILES string of the molecule is O=C(CC1CC1)N1CCCn2nnc(Cn3cccc3)c2C1. The van der Waals surface area contributed by atoms with Gasteiger partial charge in [0.15, 0.2) is 0 Å². The molecule has 22 heavy (non-hydrogen) atoms. The van der Waals surface area contributed by atoms with Crippen molar-refractivity contribution in [1.82, 2.24) is 24.5 Å². The Balaban J connectivity index is 1.53. The highest BCUT2D eigenvalue weighted by Gasteiger charge is 2.29. The second-order valence-corrected chi connectivity index (χ2v) is 6.38. The van der Waals surface area contributed by atoms with Gasteiger partial charge in [-0.25, -0.2) is 4.68 Å². The van der Waals surface area contributed by atoms with E-state index in [1.165, 1.54) is 12.8 Å². The van der Waals surface area contributed by atoms with Gasteiger partial charge in [0.05, 0.1) is 18.8 Å². The fourth-order valence-electron chi connectivity index (χ4n) is 3.07. The minimum Gasteiger partial charge on any atom is -0.348 e. The molecule has 1 aliphatic heterocycles. The van der Waals surface area contributed by atoms with Gasteiger partial charge < -0.3 is 9.47 Å². The van der Waals surface area contributed by atoms with Gasteiger partial charge in [-0.15, -0.1) is 5.10 Å². The van der Waals surface area contributed by atoms with Crippen molar-refractivity contribution in [2.24, 2.45) is 5.92 Å². The van der Waals surface area contributed by atoms with E-state index in [9.17, 15) is 4.79 Å². The minimum atomic E-state index is 0.295. The summed E-state index contributed by atoms with van der Waals surface area (Å²) < 4.78 is 4.06. The molecule has 0 aromatic carbocycles. The Labute approximate surface area is 129 Å². The fraction of sp³-hybridized carbons (Fsp3) is 0.562. The Morgan fingerprint density at radius 2 is 2.05 bits per heavy atom. The quantitative estimate of drug-likeness (QED) is 0.863. The molecule has 4 rings (SSSR count). The van der Waals surface area contributed by atoms with Crippen LogP contribution in [0, 0.1) is 5.92 Å². The van der Waals surface area contributed by atoms with Crippen LogP contribution in [-0.4, -0.2) is 36.9 Å². The van der Waals surface area contributed by atoms with Crippen molar-refractivity contribution < 1.29 is 4.79 Å². The number of hydrogen-bond acceptors (Lipinski definition) is 3. The lowest BCUT2D eigenvalue weighted by Crippen LogP contribution is -2.31. The third kappa shape index (κ3) is 2.77. The summed E-state index contributed by atoms with van der Waals surface area (Å²) >= 11 is 0. The van der Waals surface area contributed by atoms with Crippen molar-refractivity contribution in [3.8, 4) is 0 Å². The van der Waals surface area contributed by atoms with Crippen LogP contribution in [0.2, 0.25) is 0 Å². The lowest BCUT2D eigenvalue weighted by Gasteiger charge is -2.20. The van der Waals surface area contributed by atoms with Crippen molar-refractivity contribution in [3.63, 3.8) is 0 Å². The van der Waals surface area contributed by atoms with Crippen LogP contribution in [0.3, 0.4) is 0 Å². The molecule has 2 aliphatic rings. The van der Waals surface area contributed by atoms with Gasteiger partial charge in [0.25, 0.3) is 0 Å². The maximum Gasteiger partial charge on any atom is 0.223 e. The lowest BCUT2D eigenvalue weighted by atomic mass is 10.2. The van der Waals surface area contributed by atoms with Crippen LogP contribution in [0.25, 0.3) is 0 Å². The summed E-state index contributed by atoms with van der Waals surface area (Å²) in [6.45, 7) is 3.04. The summed E-state index contributed by atoms with van der Waals surface area (Å²) in [4.78, 5) is 14.4. The molecule has 0 bridgehead atoms. The number of rotatable bonds is 4. The summed E-state index contributed by atoms with van der Waals surface area (Å²) in [5.41, 5.74) is 2.07. The molecule has 3 heterocycles. The van der Waals surface area contributed by atoms with Crippen LogP contribution >= 0.6 is 0 Å². The topological polar surface area (TPSA) is 56.0 Å². The second kappa shape index (κ2) is 5.59. The Morgan fingerprint density at radius 1 is 1.23 bits per heavy atom. The van der Waals surface area contributed by atoms with Crippen molar-refractivity contribution in [1.29, 1.82) is 0 Å². The number of fused-ring (bicyclic) bond motifs is 1. The van der Waals surface area contributed by atoms with E-state index in [-0.39, 0.29) is 0 Å². The summed E-state index contributed by atoms with van der Waals surface area (Å²) in [5.74, 6) is 0.933. The van der Waals surface area contributed by atoms with E-state index in [0.717, 1.165) is 30.9 Å². The van der Waals surface area contributed by atoms with E-state index in [2.05, 4.69) is 14.9 Å². The van der Waals surface area contributed by atoms with Crippen molar-refractivity contribution in [2.75, 3.05) is 6.54 Å². The fourth-order valence-corrected chi connectivity index (χ4v) is 3.07. The predicted octanol–water partition coefficient (Wildman–Crippen LogP) is 1.66. The number of hydrogen-bond donors (Lipinski definition) is 0. The van der Waals surface area contributed by atoms with Gasteiger partial charge in [0.2, 0.25) is 5.91 Å². The average Bonchev–Trinajstić information content (AvgIpc) is 3.11. The van der Waals surface area contributed by atoms with E-state index in [4.69, 9.17) is 0 Å². The zero-order valence-corrected chi connectivity index (χ0v) is 12.7. The van der Waals surface area contributed by atoms with Crippen LogP contribution < -0.4 is 0 Å². The zero-order valence-electron chi connectivity index (χ0n) is 12.7. The monoisotopic (exact) mass is 299 g/mol. The van der Waals surface area contributed by atoms with E-state index < -0.39 is 0 Å². The van der Waals surface area contributed by atoms with Crippen molar-refractivity contribution in [3.05, 3.63) is 35.9 Å². The maximum atomic E-state index is 12.4. The van der Waals surface area contributed by atoms with Crippen LogP contribution in [0.1, 0.15) is 37.1 Å². The van der Waals surface area contributed by atoms with Crippen molar-refractivity contribution >= 4 is 5.91 Å². The first-order valence-electron chi connectivity index (χ1n) is 8.09. The molecule has 1 fully saturated rings. The molecule has 0 saturated heterocycles. The molecule has 0 N–H and O–H groups in total. The van der Waals surface area contributed by atoms with Crippen LogP contribution in [0.4, 0.5) is 0 Å². The molecule has 1 saturated carbocycles. The second-order valence-electron chi connectivity index (χ2n) is 6.38. The Kier molecular flexibility index (Phi) is 3.44. The van der Waals surface area contributed by atoms with E-state index in [1.54, 1.807) is 0 Å². The molecular weight excluding hydrogens is 278 g/mol. The van der Waals surface area contributed by atoms with Crippen LogP contribution in [0.15, 0.2) is 24.5 Å². The highest BCUT2D eigenvalue weighted by molar-refractivity contribution is 5.76. The lowest BCUT2D eigenvalue weighted by molar-refractivity contribution is -0.132. The van der Waals surface area contributed by atoms with Gasteiger partial charge in [-0.1, -0.05) is 5.21 Å². The number of aromatic nitrogens is 4. The summed E-state index contributed by atoms with van der Waals surface area (Å²) in [6, 6.07) is 4.02. The molecule has 0 atom stereocenters. The molecule has 0 spiro atoms. The first kappa shape index (κ1) is 13.5. The Morgan fingerprint density at radius 3 is 2.82 bits per heavy atom. The average molecular weight is 299 g/mol. The van der Waals surface area contributed by atoms with Gasteiger partial charge in [-0.3, -0.25) is 4.79 Å². The van der Waals surface area contributed by atoms with Gasteiger partial charge in [-0.05, 0) is 37.3 Å². The highest BCUT2D eigenvalue weighted by atomic mass is 16.2. The summed E-state index contributed by atoms with van der Waals surface area (Å²) in [5, 5.41) is 8.62. The molecule has 6 nitrogen and oxygen atoms in total.